The van der Waals surface area contributed by atoms with Gasteiger partial charge in [0.2, 0.25) is 5.91 Å². The zero-order chi connectivity index (χ0) is 15.7. The Bertz CT molecular complexity index is 418. The molecule has 0 fully saturated rings. The first kappa shape index (κ1) is 17.5. The van der Waals surface area contributed by atoms with E-state index in [9.17, 15) is 4.79 Å². The van der Waals surface area contributed by atoms with E-state index in [-0.39, 0.29) is 12.6 Å². The van der Waals surface area contributed by atoms with Gasteiger partial charge in [0.25, 0.3) is 0 Å². The lowest BCUT2D eigenvalue weighted by Gasteiger charge is -2.15. The Morgan fingerprint density at radius 2 is 1.90 bits per heavy atom. The van der Waals surface area contributed by atoms with Gasteiger partial charge in [0.1, 0.15) is 12.4 Å². The maximum atomic E-state index is 10.5. The van der Waals surface area contributed by atoms with Crippen LogP contribution in [0.5, 0.6) is 5.75 Å². The summed E-state index contributed by atoms with van der Waals surface area (Å²) in [4.78, 5) is 10.5. The van der Waals surface area contributed by atoms with Gasteiger partial charge in [0.15, 0.2) is 0 Å². The summed E-state index contributed by atoms with van der Waals surface area (Å²) in [5, 5.41) is 3.32. The third kappa shape index (κ3) is 7.68. The zero-order valence-electron chi connectivity index (χ0n) is 13.1. The smallest absolute Gasteiger partial charge is 0.243 e. The van der Waals surface area contributed by atoms with Crippen LogP contribution in [-0.2, 0) is 9.53 Å². The Hall–Kier alpha value is -1.59. The number of nitrogens with one attached hydrogen (secondary N) is 1. The van der Waals surface area contributed by atoms with E-state index >= 15 is 0 Å². The highest BCUT2D eigenvalue weighted by atomic mass is 16.5. The molecule has 0 heterocycles. The summed E-state index contributed by atoms with van der Waals surface area (Å²) in [5.74, 6) is 0.968. The number of nitrogens with two attached hydrogens (primary N) is 1. The van der Waals surface area contributed by atoms with Gasteiger partial charge in [0, 0.05) is 12.6 Å². The standard InChI is InChI=1S/C16H26N2O3/c1-12(2)10-21-15-6-4-14(5-7-15)13(3)18-8-9-20-11-16(17)19/h4-7,12-13,18H,8-11H2,1-3H3,(H2,17,19). The van der Waals surface area contributed by atoms with Gasteiger partial charge >= 0.3 is 0 Å². The number of carbonyl (C=O) groups is 1. The number of rotatable bonds is 10. The van der Waals surface area contributed by atoms with Gasteiger partial charge in [-0.2, -0.15) is 0 Å². The first-order valence-corrected chi connectivity index (χ1v) is 7.31. The molecule has 0 spiro atoms. The molecule has 118 valence electrons. The minimum atomic E-state index is -0.444. The maximum absolute atomic E-state index is 10.5. The van der Waals surface area contributed by atoms with Crippen molar-refractivity contribution in [2.24, 2.45) is 11.7 Å². The van der Waals surface area contributed by atoms with Crippen LogP contribution in [0.15, 0.2) is 24.3 Å². The van der Waals surface area contributed by atoms with Crippen LogP contribution in [0, 0.1) is 5.92 Å². The summed E-state index contributed by atoms with van der Waals surface area (Å²) in [6, 6.07) is 8.29. The molecule has 1 amide bonds. The predicted octanol–water partition coefficient (Wildman–Crippen LogP) is 1.87. The Balaban J connectivity index is 2.30. The van der Waals surface area contributed by atoms with Crippen LogP contribution in [0.2, 0.25) is 0 Å². The molecule has 0 saturated heterocycles. The fourth-order valence-corrected chi connectivity index (χ4v) is 1.75. The zero-order valence-corrected chi connectivity index (χ0v) is 13.1. The molecule has 0 saturated carbocycles. The van der Waals surface area contributed by atoms with Gasteiger partial charge in [-0.05, 0) is 30.5 Å². The van der Waals surface area contributed by atoms with Crippen LogP contribution in [0.25, 0.3) is 0 Å². The van der Waals surface area contributed by atoms with E-state index in [1.54, 1.807) is 0 Å². The van der Waals surface area contributed by atoms with Gasteiger partial charge in [-0.1, -0.05) is 26.0 Å². The van der Waals surface area contributed by atoms with Crippen molar-refractivity contribution in [2.45, 2.75) is 26.8 Å². The summed E-state index contributed by atoms with van der Waals surface area (Å²) < 4.78 is 10.8. The van der Waals surface area contributed by atoms with Gasteiger partial charge in [-0.25, -0.2) is 0 Å². The molecule has 3 N–H and O–H groups in total. The molecule has 1 aromatic rings. The van der Waals surface area contributed by atoms with E-state index in [2.05, 4.69) is 38.2 Å². The number of amides is 1. The molecular formula is C16H26N2O3. The molecule has 0 aliphatic carbocycles. The van der Waals surface area contributed by atoms with Gasteiger partial charge in [0.05, 0.1) is 13.2 Å². The Kier molecular flexibility index (Phi) is 7.79. The molecule has 5 nitrogen and oxygen atoms in total. The molecule has 1 rings (SSSR count). The van der Waals surface area contributed by atoms with E-state index in [1.165, 1.54) is 5.56 Å². The first-order valence-electron chi connectivity index (χ1n) is 7.31. The van der Waals surface area contributed by atoms with Gasteiger partial charge < -0.3 is 20.5 Å². The largest absolute Gasteiger partial charge is 0.493 e. The summed E-state index contributed by atoms with van der Waals surface area (Å²) >= 11 is 0. The molecule has 0 radical (unpaired) electrons. The fraction of sp³-hybridized carbons (Fsp3) is 0.562. The molecule has 1 atom stereocenters. The SMILES string of the molecule is CC(C)COc1ccc(C(C)NCCOCC(N)=O)cc1. The van der Waals surface area contributed by atoms with Crippen molar-refractivity contribution in [1.29, 1.82) is 0 Å². The van der Waals surface area contributed by atoms with Crippen molar-refractivity contribution in [1.82, 2.24) is 5.32 Å². The fourth-order valence-electron chi connectivity index (χ4n) is 1.75. The Labute approximate surface area is 126 Å². The predicted molar refractivity (Wildman–Crippen MR) is 83.2 cm³/mol. The van der Waals surface area contributed by atoms with Crippen molar-refractivity contribution in [3.63, 3.8) is 0 Å². The highest BCUT2D eigenvalue weighted by Gasteiger charge is 2.05. The second-order valence-corrected chi connectivity index (χ2v) is 5.47. The number of ether oxygens (including phenoxy) is 2. The van der Waals surface area contributed by atoms with E-state index in [0.29, 0.717) is 19.1 Å². The summed E-state index contributed by atoms with van der Waals surface area (Å²) in [6.07, 6.45) is 0. The summed E-state index contributed by atoms with van der Waals surface area (Å²) in [7, 11) is 0. The van der Waals surface area contributed by atoms with Crippen LogP contribution in [-0.4, -0.2) is 32.3 Å². The molecule has 0 aromatic heterocycles. The lowest BCUT2D eigenvalue weighted by Crippen LogP contribution is -2.25. The van der Waals surface area contributed by atoms with E-state index in [4.69, 9.17) is 15.2 Å². The van der Waals surface area contributed by atoms with Gasteiger partial charge in [-0.3, -0.25) is 4.79 Å². The molecule has 0 bridgehead atoms. The van der Waals surface area contributed by atoms with Crippen LogP contribution in [0.3, 0.4) is 0 Å². The molecule has 0 aliphatic heterocycles. The van der Waals surface area contributed by atoms with Crippen molar-refractivity contribution >= 4 is 5.91 Å². The average molecular weight is 294 g/mol. The van der Waals surface area contributed by atoms with Crippen molar-refractivity contribution in [2.75, 3.05) is 26.4 Å². The van der Waals surface area contributed by atoms with E-state index < -0.39 is 5.91 Å². The first-order chi connectivity index (χ1) is 9.99. The monoisotopic (exact) mass is 294 g/mol. The second kappa shape index (κ2) is 9.37. The second-order valence-electron chi connectivity index (χ2n) is 5.47. The minimum Gasteiger partial charge on any atom is -0.493 e. The molecule has 1 aromatic carbocycles. The van der Waals surface area contributed by atoms with E-state index in [0.717, 1.165) is 12.4 Å². The number of benzene rings is 1. The third-order valence-electron chi connectivity index (χ3n) is 2.90. The molecule has 0 aliphatic rings. The lowest BCUT2D eigenvalue weighted by atomic mass is 10.1. The maximum Gasteiger partial charge on any atom is 0.243 e. The van der Waals surface area contributed by atoms with Crippen molar-refractivity contribution < 1.29 is 14.3 Å². The lowest BCUT2D eigenvalue weighted by molar-refractivity contribution is -0.122. The molecule has 5 heteroatoms. The van der Waals surface area contributed by atoms with Crippen LogP contribution >= 0.6 is 0 Å². The average Bonchev–Trinajstić information content (AvgIpc) is 2.44. The minimum absolute atomic E-state index is 0.0298. The van der Waals surface area contributed by atoms with Gasteiger partial charge in [-0.15, -0.1) is 0 Å². The molecule has 21 heavy (non-hydrogen) atoms. The number of hydrogen-bond acceptors (Lipinski definition) is 4. The Morgan fingerprint density at radius 1 is 1.24 bits per heavy atom. The topological polar surface area (TPSA) is 73.6 Å². The summed E-state index contributed by atoms with van der Waals surface area (Å²) in [5.41, 5.74) is 6.17. The van der Waals surface area contributed by atoms with Crippen molar-refractivity contribution in [3.8, 4) is 5.75 Å². The summed E-state index contributed by atoms with van der Waals surface area (Å²) in [6.45, 7) is 8.16. The normalized spacial score (nSPS) is 12.4. The van der Waals surface area contributed by atoms with E-state index in [1.807, 2.05) is 12.1 Å². The highest BCUT2D eigenvalue weighted by molar-refractivity contribution is 5.74. The molecular weight excluding hydrogens is 268 g/mol. The number of primary amides is 1. The number of carbonyl (C=O) groups excluding carboxylic acids is 1. The number of hydrogen-bond donors (Lipinski definition) is 2. The van der Waals surface area contributed by atoms with Crippen LogP contribution < -0.4 is 15.8 Å². The quantitative estimate of drug-likeness (QED) is 0.646. The third-order valence-corrected chi connectivity index (χ3v) is 2.90. The van der Waals surface area contributed by atoms with Crippen LogP contribution in [0.1, 0.15) is 32.4 Å². The van der Waals surface area contributed by atoms with Crippen molar-refractivity contribution in [3.05, 3.63) is 29.8 Å². The Morgan fingerprint density at radius 3 is 2.48 bits per heavy atom. The van der Waals surface area contributed by atoms with Crippen LogP contribution in [0.4, 0.5) is 0 Å². The highest BCUT2D eigenvalue weighted by Crippen LogP contribution is 2.18. The molecule has 1 unspecified atom stereocenters.